The van der Waals surface area contributed by atoms with Gasteiger partial charge in [-0.2, -0.15) is 0 Å². The van der Waals surface area contributed by atoms with Crippen LogP contribution >= 0.6 is 0 Å². The third-order valence-electron chi connectivity index (χ3n) is 1.73. The molecule has 0 saturated carbocycles. The molecule has 0 aromatic carbocycles. The molecule has 0 bridgehead atoms. The van der Waals surface area contributed by atoms with Crippen molar-refractivity contribution in [2.75, 3.05) is 0 Å². The first-order valence-corrected chi connectivity index (χ1v) is 5.25. The highest BCUT2D eigenvalue weighted by atomic mass is 16.4. The molecule has 15 heavy (non-hydrogen) atoms. The van der Waals surface area contributed by atoms with E-state index in [-0.39, 0.29) is 18.3 Å². The molecule has 4 nitrogen and oxygen atoms in total. The number of rotatable bonds is 5. The fourth-order valence-electron chi connectivity index (χ4n) is 0.906. The van der Waals surface area contributed by atoms with Crippen molar-refractivity contribution in [3.05, 3.63) is 0 Å². The van der Waals surface area contributed by atoms with Crippen LogP contribution in [-0.2, 0) is 9.59 Å². The Bertz CT molecular complexity index is 187. The fourth-order valence-corrected chi connectivity index (χ4v) is 0.906. The van der Waals surface area contributed by atoms with Crippen molar-refractivity contribution in [1.82, 2.24) is 0 Å². The molecule has 0 rings (SSSR count). The van der Waals surface area contributed by atoms with Gasteiger partial charge in [0, 0.05) is 6.42 Å². The van der Waals surface area contributed by atoms with Gasteiger partial charge in [0.1, 0.15) is 0 Å². The highest BCUT2D eigenvalue weighted by Gasteiger charge is 2.07. The van der Waals surface area contributed by atoms with Crippen molar-refractivity contribution >= 4 is 11.9 Å². The Balaban J connectivity index is 0. The molecule has 0 aliphatic rings. The summed E-state index contributed by atoms with van der Waals surface area (Å²) >= 11 is 0. The largest absolute Gasteiger partial charge is 0.481 e. The van der Waals surface area contributed by atoms with Gasteiger partial charge in [-0.1, -0.05) is 34.1 Å². The van der Waals surface area contributed by atoms with Gasteiger partial charge in [-0.05, 0) is 12.3 Å². The lowest BCUT2D eigenvalue weighted by Crippen LogP contribution is -2.08. The maximum absolute atomic E-state index is 10.1. The average Bonchev–Trinajstić information content (AvgIpc) is 2.02. The standard InChI is InChI=1S/C6H12O2.C5H10O2/c1-3-4-5(2)6(7)8;1-4(2)3-5(6)7/h5H,3-4H2,1-2H3,(H,7,8);4H,3H2,1-2H3,(H,6,7). The molecule has 90 valence electrons. The minimum absolute atomic E-state index is 0.167. The second-order valence-electron chi connectivity index (χ2n) is 4.02. The van der Waals surface area contributed by atoms with Gasteiger partial charge in [0.15, 0.2) is 0 Å². The monoisotopic (exact) mass is 218 g/mol. The lowest BCUT2D eigenvalue weighted by atomic mass is 10.1. The van der Waals surface area contributed by atoms with Crippen LogP contribution in [0.3, 0.4) is 0 Å². The molecule has 0 spiro atoms. The second-order valence-corrected chi connectivity index (χ2v) is 4.02. The van der Waals surface area contributed by atoms with Crippen LogP contribution in [0.15, 0.2) is 0 Å². The molecule has 1 atom stereocenters. The Morgan fingerprint density at radius 1 is 1.13 bits per heavy atom. The molecule has 0 fully saturated rings. The summed E-state index contributed by atoms with van der Waals surface area (Å²) < 4.78 is 0. The Morgan fingerprint density at radius 2 is 1.60 bits per heavy atom. The van der Waals surface area contributed by atoms with E-state index in [0.717, 1.165) is 12.8 Å². The van der Waals surface area contributed by atoms with Crippen molar-refractivity contribution in [2.24, 2.45) is 11.8 Å². The maximum atomic E-state index is 10.1. The highest BCUT2D eigenvalue weighted by molar-refractivity contribution is 5.69. The Hall–Kier alpha value is -1.06. The summed E-state index contributed by atoms with van der Waals surface area (Å²) in [7, 11) is 0. The number of aliphatic carboxylic acids is 2. The Kier molecular flexibility index (Phi) is 10.4. The van der Waals surface area contributed by atoms with Crippen LogP contribution in [0, 0.1) is 11.8 Å². The van der Waals surface area contributed by atoms with Crippen LogP contribution in [0.5, 0.6) is 0 Å². The Morgan fingerprint density at radius 3 is 1.67 bits per heavy atom. The van der Waals surface area contributed by atoms with E-state index in [2.05, 4.69) is 0 Å². The number of hydrogen-bond acceptors (Lipinski definition) is 2. The van der Waals surface area contributed by atoms with Gasteiger partial charge in [-0.15, -0.1) is 0 Å². The molecule has 0 aliphatic carbocycles. The van der Waals surface area contributed by atoms with Crippen LogP contribution < -0.4 is 0 Å². The number of carboxylic acid groups (broad SMARTS) is 2. The molecule has 0 radical (unpaired) electrons. The minimum Gasteiger partial charge on any atom is -0.481 e. The average molecular weight is 218 g/mol. The van der Waals surface area contributed by atoms with Crippen molar-refractivity contribution in [2.45, 2.75) is 47.0 Å². The van der Waals surface area contributed by atoms with Gasteiger partial charge in [-0.25, -0.2) is 0 Å². The van der Waals surface area contributed by atoms with E-state index in [0.29, 0.717) is 0 Å². The van der Waals surface area contributed by atoms with Gasteiger partial charge in [-0.3, -0.25) is 9.59 Å². The highest BCUT2D eigenvalue weighted by Crippen LogP contribution is 2.03. The van der Waals surface area contributed by atoms with Gasteiger partial charge >= 0.3 is 11.9 Å². The molecule has 0 aliphatic heterocycles. The lowest BCUT2D eigenvalue weighted by molar-refractivity contribution is -0.141. The molecule has 1 unspecified atom stereocenters. The summed E-state index contributed by atoms with van der Waals surface area (Å²) in [5, 5.41) is 16.4. The molecule has 0 aromatic rings. The molecule has 0 aromatic heterocycles. The zero-order chi connectivity index (χ0) is 12.4. The molecular formula is C11H22O4. The van der Waals surface area contributed by atoms with E-state index < -0.39 is 11.9 Å². The smallest absolute Gasteiger partial charge is 0.306 e. The first kappa shape index (κ1) is 16.4. The van der Waals surface area contributed by atoms with Gasteiger partial charge in [0.05, 0.1) is 5.92 Å². The van der Waals surface area contributed by atoms with E-state index in [4.69, 9.17) is 10.2 Å². The molecule has 4 heteroatoms. The van der Waals surface area contributed by atoms with Crippen LogP contribution in [0.2, 0.25) is 0 Å². The van der Waals surface area contributed by atoms with Crippen molar-refractivity contribution < 1.29 is 19.8 Å². The summed E-state index contributed by atoms with van der Waals surface area (Å²) in [5.41, 5.74) is 0. The molecule has 0 amide bonds. The zero-order valence-corrected chi connectivity index (χ0v) is 9.99. The fraction of sp³-hybridized carbons (Fsp3) is 0.818. The van der Waals surface area contributed by atoms with E-state index in [1.807, 2.05) is 20.8 Å². The number of carboxylic acids is 2. The molecule has 0 saturated heterocycles. The van der Waals surface area contributed by atoms with Crippen molar-refractivity contribution in [3.63, 3.8) is 0 Å². The van der Waals surface area contributed by atoms with Gasteiger partial charge < -0.3 is 10.2 Å². The number of carbonyl (C=O) groups is 2. The molecule has 2 N–H and O–H groups in total. The third kappa shape index (κ3) is 15.7. The second kappa shape index (κ2) is 9.49. The predicted octanol–water partition coefficient (Wildman–Crippen LogP) is 2.62. The van der Waals surface area contributed by atoms with Crippen LogP contribution in [0.4, 0.5) is 0 Å². The summed E-state index contributed by atoms with van der Waals surface area (Å²) in [4.78, 5) is 19.9. The van der Waals surface area contributed by atoms with Crippen LogP contribution in [-0.4, -0.2) is 22.2 Å². The SMILES string of the molecule is CC(C)CC(=O)O.CCCC(C)C(=O)O. The van der Waals surface area contributed by atoms with E-state index >= 15 is 0 Å². The molecule has 0 heterocycles. The van der Waals surface area contributed by atoms with Crippen LogP contribution in [0.25, 0.3) is 0 Å². The summed E-state index contributed by atoms with van der Waals surface area (Å²) in [5.74, 6) is -1.29. The number of hydrogen-bond donors (Lipinski definition) is 2. The topological polar surface area (TPSA) is 74.6 Å². The quantitative estimate of drug-likeness (QED) is 0.743. The predicted molar refractivity (Wildman–Crippen MR) is 58.8 cm³/mol. The van der Waals surface area contributed by atoms with E-state index in [1.54, 1.807) is 6.92 Å². The van der Waals surface area contributed by atoms with Gasteiger partial charge in [0.2, 0.25) is 0 Å². The maximum Gasteiger partial charge on any atom is 0.306 e. The lowest BCUT2D eigenvalue weighted by Gasteiger charge is -2.00. The first-order valence-electron chi connectivity index (χ1n) is 5.25. The summed E-state index contributed by atoms with van der Waals surface area (Å²) in [6.07, 6.45) is 2.02. The zero-order valence-electron chi connectivity index (χ0n) is 9.99. The van der Waals surface area contributed by atoms with Gasteiger partial charge in [0.25, 0.3) is 0 Å². The normalized spacial score (nSPS) is 11.5. The minimum atomic E-state index is -0.713. The molecular weight excluding hydrogens is 196 g/mol. The van der Waals surface area contributed by atoms with E-state index in [1.165, 1.54) is 0 Å². The first-order chi connectivity index (χ1) is 6.81. The van der Waals surface area contributed by atoms with Crippen molar-refractivity contribution in [3.8, 4) is 0 Å². The van der Waals surface area contributed by atoms with E-state index in [9.17, 15) is 9.59 Å². The van der Waals surface area contributed by atoms with Crippen LogP contribution in [0.1, 0.15) is 47.0 Å². The van der Waals surface area contributed by atoms with Crippen molar-refractivity contribution in [1.29, 1.82) is 0 Å². The third-order valence-corrected chi connectivity index (χ3v) is 1.73. The summed E-state index contributed by atoms with van der Waals surface area (Å²) in [6, 6.07) is 0. The Labute approximate surface area is 91.3 Å². The summed E-state index contributed by atoms with van der Waals surface area (Å²) in [6.45, 7) is 7.48.